The highest BCUT2D eigenvalue weighted by Crippen LogP contribution is 2.17. The molecular weight excluding hydrogens is 314 g/mol. The molecule has 3 N–H and O–H groups in total. The first-order chi connectivity index (χ1) is 12.1. The van der Waals surface area contributed by atoms with Gasteiger partial charge in [-0.2, -0.15) is 0 Å². The van der Waals surface area contributed by atoms with E-state index >= 15 is 0 Å². The second kappa shape index (κ2) is 7.83. The molecule has 0 bridgehead atoms. The molecule has 3 rings (SSSR count). The van der Waals surface area contributed by atoms with E-state index in [-0.39, 0.29) is 5.91 Å². The number of amides is 2. The lowest BCUT2D eigenvalue weighted by Crippen LogP contribution is -2.35. The van der Waals surface area contributed by atoms with Crippen molar-refractivity contribution in [2.24, 2.45) is 5.73 Å². The van der Waals surface area contributed by atoms with Gasteiger partial charge in [-0.3, -0.25) is 9.59 Å². The summed E-state index contributed by atoms with van der Waals surface area (Å²) in [6, 6.07) is 14.8. The fourth-order valence-corrected chi connectivity index (χ4v) is 3.14. The van der Waals surface area contributed by atoms with Crippen molar-refractivity contribution in [3.8, 4) is 0 Å². The summed E-state index contributed by atoms with van der Waals surface area (Å²) in [4.78, 5) is 26.0. The zero-order valence-corrected chi connectivity index (χ0v) is 14.2. The van der Waals surface area contributed by atoms with E-state index in [2.05, 4.69) is 5.32 Å². The van der Waals surface area contributed by atoms with Crippen LogP contribution in [0.2, 0.25) is 0 Å². The van der Waals surface area contributed by atoms with E-state index in [0.29, 0.717) is 23.4 Å². The first-order valence-corrected chi connectivity index (χ1v) is 8.66. The van der Waals surface area contributed by atoms with E-state index in [1.807, 2.05) is 41.3 Å². The topological polar surface area (TPSA) is 75.4 Å². The molecule has 1 aliphatic heterocycles. The van der Waals surface area contributed by atoms with Crippen molar-refractivity contribution in [3.63, 3.8) is 0 Å². The molecule has 5 nitrogen and oxygen atoms in total. The zero-order valence-electron chi connectivity index (χ0n) is 14.2. The molecule has 1 heterocycles. The van der Waals surface area contributed by atoms with Gasteiger partial charge >= 0.3 is 0 Å². The van der Waals surface area contributed by atoms with Gasteiger partial charge in [0.25, 0.3) is 11.8 Å². The minimum atomic E-state index is -0.461. The molecule has 1 fully saturated rings. The summed E-state index contributed by atoms with van der Waals surface area (Å²) in [7, 11) is 0. The highest BCUT2D eigenvalue weighted by molar-refractivity contribution is 5.98. The number of anilines is 1. The molecular formula is C20H23N3O2. The Morgan fingerprint density at radius 2 is 1.76 bits per heavy atom. The minimum absolute atomic E-state index is 0.0964. The first kappa shape index (κ1) is 17.0. The highest BCUT2D eigenvalue weighted by atomic mass is 16.2. The van der Waals surface area contributed by atoms with Crippen molar-refractivity contribution < 1.29 is 9.59 Å². The van der Waals surface area contributed by atoms with E-state index in [1.54, 1.807) is 12.1 Å². The number of carbonyl (C=O) groups is 2. The number of primary amides is 1. The van der Waals surface area contributed by atoms with E-state index in [1.165, 1.54) is 6.42 Å². The standard InChI is InChI=1S/C20H23N3O2/c21-19(24)17-9-2-3-10-18(17)22-14-15-7-6-8-16(13-15)20(25)23-11-4-1-5-12-23/h2-3,6-10,13,22H,1,4-5,11-12,14H2,(H2,21,24). The number of carbonyl (C=O) groups excluding carboxylic acids is 2. The third-order valence-corrected chi connectivity index (χ3v) is 4.49. The number of nitrogens with zero attached hydrogens (tertiary/aromatic N) is 1. The number of rotatable bonds is 5. The summed E-state index contributed by atoms with van der Waals surface area (Å²) >= 11 is 0. The quantitative estimate of drug-likeness (QED) is 0.880. The van der Waals surface area contributed by atoms with Crippen LogP contribution in [0.3, 0.4) is 0 Å². The van der Waals surface area contributed by atoms with Crippen LogP contribution in [0.5, 0.6) is 0 Å². The summed E-state index contributed by atoms with van der Waals surface area (Å²) < 4.78 is 0. The smallest absolute Gasteiger partial charge is 0.253 e. The SMILES string of the molecule is NC(=O)c1ccccc1NCc1cccc(C(=O)N2CCCCC2)c1. The van der Waals surface area contributed by atoms with Crippen molar-refractivity contribution in [1.29, 1.82) is 0 Å². The van der Waals surface area contributed by atoms with Crippen LogP contribution in [0.1, 0.15) is 45.5 Å². The Bertz CT molecular complexity index is 767. The molecule has 2 aromatic rings. The van der Waals surface area contributed by atoms with E-state index in [0.717, 1.165) is 31.5 Å². The zero-order chi connectivity index (χ0) is 17.6. The van der Waals surface area contributed by atoms with Gasteiger partial charge in [-0.1, -0.05) is 24.3 Å². The van der Waals surface area contributed by atoms with Gasteiger partial charge in [0, 0.05) is 30.9 Å². The number of benzene rings is 2. The lowest BCUT2D eigenvalue weighted by molar-refractivity contribution is 0.0724. The van der Waals surface area contributed by atoms with E-state index in [9.17, 15) is 9.59 Å². The molecule has 0 unspecified atom stereocenters. The van der Waals surface area contributed by atoms with Crippen LogP contribution in [-0.4, -0.2) is 29.8 Å². The van der Waals surface area contributed by atoms with Crippen LogP contribution >= 0.6 is 0 Å². The molecule has 130 valence electrons. The van der Waals surface area contributed by atoms with Crippen molar-refractivity contribution >= 4 is 17.5 Å². The monoisotopic (exact) mass is 337 g/mol. The molecule has 0 radical (unpaired) electrons. The van der Waals surface area contributed by atoms with Gasteiger partial charge in [0.05, 0.1) is 5.56 Å². The Hall–Kier alpha value is -2.82. The lowest BCUT2D eigenvalue weighted by Gasteiger charge is -2.26. The van der Waals surface area contributed by atoms with Crippen LogP contribution in [0.25, 0.3) is 0 Å². The van der Waals surface area contributed by atoms with Crippen LogP contribution < -0.4 is 11.1 Å². The molecule has 0 atom stereocenters. The van der Waals surface area contributed by atoms with Gasteiger partial charge in [0.15, 0.2) is 0 Å². The maximum absolute atomic E-state index is 12.6. The third-order valence-electron chi connectivity index (χ3n) is 4.49. The maximum atomic E-state index is 12.6. The molecule has 1 saturated heterocycles. The van der Waals surface area contributed by atoms with Gasteiger partial charge in [-0.05, 0) is 49.1 Å². The van der Waals surface area contributed by atoms with Crippen LogP contribution in [-0.2, 0) is 6.54 Å². The highest BCUT2D eigenvalue weighted by Gasteiger charge is 2.18. The summed E-state index contributed by atoms with van der Waals surface area (Å²) in [5.41, 5.74) is 8.26. The fraction of sp³-hybridized carbons (Fsp3) is 0.300. The molecule has 0 aliphatic carbocycles. The van der Waals surface area contributed by atoms with Crippen LogP contribution in [0.4, 0.5) is 5.69 Å². The number of piperidine rings is 1. The summed E-state index contributed by atoms with van der Waals surface area (Å²) in [6.07, 6.45) is 3.36. The molecule has 0 spiro atoms. The van der Waals surface area contributed by atoms with Crippen molar-refractivity contribution in [2.75, 3.05) is 18.4 Å². The van der Waals surface area contributed by atoms with E-state index < -0.39 is 5.91 Å². The first-order valence-electron chi connectivity index (χ1n) is 8.66. The Balaban J connectivity index is 1.70. The Labute approximate surface area is 147 Å². The Morgan fingerprint density at radius 3 is 2.52 bits per heavy atom. The Kier molecular flexibility index (Phi) is 5.33. The van der Waals surface area contributed by atoms with Crippen molar-refractivity contribution in [1.82, 2.24) is 4.90 Å². The number of hydrogen-bond acceptors (Lipinski definition) is 3. The van der Waals surface area contributed by atoms with Crippen molar-refractivity contribution in [2.45, 2.75) is 25.8 Å². The average Bonchev–Trinajstić information content (AvgIpc) is 2.67. The lowest BCUT2D eigenvalue weighted by atomic mass is 10.1. The van der Waals surface area contributed by atoms with Gasteiger partial charge < -0.3 is 16.0 Å². The molecule has 25 heavy (non-hydrogen) atoms. The van der Waals surface area contributed by atoms with Gasteiger partial charge in [0.2, 0.25) is 0 Å². The van der Waals surface area contributed by atoms with Crippen molar-refractivity contribution in [3.05, 3.63) is 65.2 Å². The second-order valence-corrected chi connectivity index (χ2v) is 6.32. The number of nitrogens with one attached hydrogen (secondary N) is 1. The normalized spacial score (nSPS) is 14.2. The predicted octanol–water partition coefficient (Wildman–Crippen LogP) is 3.02. The molecule has 5 heteroatoms. The molecule has 2 aromatic carbocycles. The number of para-hydroxylation sites is 1. The van der Waals surface area contributed by atoms with Gasteiger partial charge in [-0.25, -0.2) is 0 Å². The molecule has 0 aromatic heterocycles. The predicted molar refractivity (Wildman–Crippen MR) is 98.5 cm³/mol. The second-order valence-electron chi connectivity index (χ2n) is 6.32. The van der Waals surface area contributed by atoms with E-state index in [4.69, 9.17) is 5.73 Å². The average molecular weight is 337 g/mol. The summed E-state index contributed by atoms with van der Waals surface area (Å²) in [5, 5.41) is 3.23. The van der Waals surface area contributed by atoms with Crippen LogP contribution in [0, 0.1) is 0 Å². The number of likely N-dealkylation sites (tertiary alicyclic amines) is 1. The molecule has 1 aliphatic rings. The third kappa shape index (κ3) is 4.18. The maximum Gasteiger partial charge on any atom is 0.253 e. The molecule has 0 saturated carbocycles. The summed E-state index contributed by atoms with van der Waals surface area (Å²) in [6.45, 7) is 2.20. The van der Waals surface area contributed by atoms with Crippen LogP contribution in [0.15, 0.2) is 48.5 Å². The number of nitrogens with two attached hydrogens (primary N) is 1. The van der Waals surface area contributed by atoms with Gasteiger partial charge in [0.1, 0.15) is 0 Å². The van der Waals surface area contributed by atoms with Gasteiger partial charge in [-0.15, -0.1) is 0 Å². The Morgan fingerprint density at radius 1 is 1.00 bits per heavy atom. The minimum Gasteiger partial charge on any atom is -0.380 e. The molecule has 2 amide bonds. The summed E-state index contributed by atoms with van der Waals surface area (Å²) in [5.74, 6) is -0.365. The largest absolute Gasteiger partial charge is 0.380 e. The number of hydrogen-bond donors (Lipinski definition) is 2. The fourth-order valence-electron chi connectivity index (χ4n) is 3.14.